The van der Waals surface area contributed by atoms with Gasteiger partial charge in [-0.15, -0.1) is 0 Å². The van der Waals surface area contributed by atoms with Crippen molar-refractivity contribution in [2.45, 2.75) is 85.9 Å². The number of anilines is 2. The largest absolute Gasteiger partial charge is 0.494 e. The molecule has 0 saturated carbocycles. The average Bonchev–Trinajstić information content (AvgIpc) is 3.90. The third kappa shape index (κ3) is 10.3. The highest BCUT2D eigenvalue weighted by molar-refractivity contribution is 9.10. The van der Waals surface area contributed by atoms with E-state index in [2.05, 4.69) is 59.2 Å². The minimum atomic E-state index is -0.567. The molecule has 1 fully saturated rings. The van der Waals surface area contributed by atoms with Gasteiger partial charge in [0.15, 0.2) is 0 Å². The highest BCUT2D eigenvalue weighted by Gasteiger charge is 2.51. The number of ether oxygens (including phenoxy) is 2. The molecule has 4 aromatic carbocycles. The van der Waals surface area contributed by atoms with E-state index in [1.54, 1.807) is 23.1 Å². The van der Waals surface area contributed by atoms with Crippen LogP contribution in [0.3, 0.4) is 0 Å². The minimum absolute atomic E-state index is 0. The van der Waals surface area contributed by atoms with Crippen LogP contribution in [-0.2, 0) is 41.2 Å². The maximum Gasteiger partial charge on any atom is 0.494 e. The van der Waals surface area contributed by atoms with Gasteiger partial charge in [-0.25, -0.2) is 18.4 Å². The molecule has 7 rings (SSSR count). The van der Waals surface area contributed by atoms with Gasteiger partial charge < -0.3 is 28.6 Å². The van der Waals surface area contributed by atoms with Crippen LogP contribution in [0.4, 0.5) is 20.2 Å². The van der Waals surface area contributed by atoms with Crippen molar-refractivity contribution in [1.29, 1.82) is 0 Å². The summed E-state index contributed by atoms with van der Waals surface area (Å²) in [4.78, 5) is 49.9. The molecule has 0 spiro atoms. The lowest BCUT2D eigenvalue weighted by molar-refractivity contribution is -0.119. The molecule has 0 aliphatic carbocycles. The van der Waals surface area contributed by atoms with Gasteiger partial charge in [-0.1, -0.05) is 45.5 Å². The highest BCUT2D eigenvalue weighted by atomic mass is 79.9. The summed E-state index contributed by atoms with van der Waals surface area (Å²) in [6.45, 7) is 13.4. The van der Waals surface area contributed by atoms with E-state index in [4.69, 9.17) is 9.31 Å². The topological polar surface area (TPSA) is 112 Å². The van der Waals surface area contributed by atoms with E-state index in [1.165, 1.54) is 38.0 Å². The fourth-order valence-corrected chi connectivity index (χ4v) is 7.00. The summed E-state index contributed by atoms with van der Waals surface area (Å²) in [5.74, 6) is -1.78. The molecule has 10 nitrogen and oxygen atoms in total. The number of amides is 2. The Morgan fingerprint density at radius 1 is 0.695 bits per heavy atom. The van der Waals surface area contributed by atoms with E-state index in [-0.39, 0.29) is 48.7 Å². The van der Waals surface area contributed by atoms with Crippen LogP contribution in [0.1, 0.15) is 93.7 Å². The first-order chi connectivity index (χ1) is 27.4. The fourth-order valence-electron chi connectivity index (χ4n) is 6.75. The van der Waals surface area contributed by atoms with Crippen LogP contribution < -0.4 is 15.3 Å². The number of hydrogen-bond donors (Lipinski definition) is 0. The van der Waals surface area contributed by atoms with Crippen molar-refractivity contribution >= 4 is 63.6 Å². The maximum absolute atomic E-state index is 14.4. The van der Waals surface area contributed by atoms with Crippen molar-refractivity contribution in [2.75, 3.05) is 37.1 Å². The summed E-state index contributed by atoms with van der Waals surface area (Å²) in [6, 6.07) is 20.1. The predicted molar refractivity (Wildman–Crippen MR) is 230 cm³/mol. The number of halogens is 3. The zero-order valence-electron chi connectivity index (χ0n) is 34.0. The van der Waals surface area contributed by atoms with Crippen molar-refractivity contribution < 1.29 is 46.7 Å². The first-order valence-corrected chi connectivity index (χ1v) is 19.9. The van der Waals surface area contributed by atoms with Crippen LogP contribution in [0, 0.1) is 11.6 Å². The van der Waals surface area contributed by atoms with E-state index >= 15 is 0 Å². The number of esters is 2. The monoisotopic (exact) mass is 876 g/mol. The zero-order valence-corrected chi connectivity index (χ0v) is 35.6. The second-order valence-electron chi connectivity index (χ2n) is 14.9. The molecule has 1 saturated heterocycles. The molecular weight excluding hydrogens is 825 g/mol. The van der Waals surface area contributed by atoms with Crippen molar-refractivity contribution in [2.24, 2.45) is 0 Å². The van der Waals surface area contributed by atoms with Crippen molar-refractivity contribution in [1.82, 2.24) is 0 Å². The fraction of sp³-hybridized carbons (Fsp3) is 0.378. The van der Waals surface area contributed by atoms with Gasteiger partial charge in [-0.05, 0) is 127 Å². The van der Waals surface area contributed by atoms with Gasteiger partial charge in [0.2, 0.25) is 11.8 Å². The summed E-state index contributed by atoms with van der Waals surface area (Å²) < 4.78 is 48.7. The molecule has 2 amide bonds. The van der Waals surface area contributed by atoms with E-state index in [0.717, 1.165) is 53.4 Å². The molecule has 314 valence electrons. The van der Waals surface area contributed by atoms with Gasteiger partial charge in [0.05, 0.1) is 41.0 Å². The Bertz CT molecular complexity index is 2200. The zero-order chi connectivity index (χ0) is 42.5. The van der Waals surface area contributed by atoms with Gasteiger partial charge in [0.25, 0.3) is 0 Å². The maximum atomic E-state index is 14.4. The van der Waals surface area contributed by atoms with Crippen LogP contribution in [0.5, 0.6) is 0 Å². The highest BCUT2D eigenvalue weighted by Crippen LogP contribution is 2.38. The van der Waals surface area contributed by atoms with Gasteiger partial charge in [-0.3, -0.25) is 9.59 Å². The molecule has 0 bridgehead atoms. The van der Waals surface area contributed by atoms with E-state index < -0.39 is 23.6 Å². The number of carbonyl (C=O) groups excluding carboxylic acids is 4. The summed E-state index contributed by atoms with van der Waals surface area (Å²) in [5, 5.41) is 0. The number of benzene rings is 4. The third-order valence-corrected chi connectivity index (χ3v) is 11.4. The summed E-state index contributed by atoms with van der Waals surface area (Å²) in [5.41, 5.74) is 6.08. The molecule has 3 aliphatic heterocycles. The first kappa shape index (κ1) is 46.8. The van der Waals surface area contributed by atoms with E-state index in [0.29, 0.717) is 29.4 Å². The number of hydrogen-bond acceptors (Lipinski definition) is 8. The Labute approximate surface area is 354 Å². The second-order valence-corrected chi connectivity index (χ2v) is 15.8. The SMILES string of the molecule is C.CCC(=O)N1CCc2cc(-c3ccc(C(=O)OC)cc3F)ccc21.CCC(=O)N1CCc2cc(B3OC(C)(C)C(C)(C)O3)ccc21.COC(=O)c1ccc(Br)c(F)c1. The molecule has 3 heterocycles. The minimum Gasteiger partial charge on any atom is -0.465 e. The number of nitrogens with zero attached hydrogens (tertiary/aromatic N) is 2. The molecule has 0 aromatic heterocycles. The molecule has 3 aliphatic rings. The van der Waals surface area contributed by atoms with Crippen LogP contribution >= 0.6 is 15.9 Å². The molecule has 0 atom stereocenters. The normalized spacial score (nSPS) is 15.4. The molecule has 59 heavy (non-hydrogen) atoms. The van der Waals surface area contributed by atoms with Crippen molar-refractivity contribution in [3.8, 4) is 11.1 Å². The first-order valence-electron chi connectivity index (χ1n) is 19.1. The Morgan fingerprint density at radius 3 is 1.64 bits per heavy atom. The lowest BCUT2D eigenvalue weighted by Crippen LogP contribution is -2.41. The quantitative estimate of drug-likeness (QED) is 0.140. The predicted octanol–water partition coefficient (Wildman–Crippen LogP) is 8.87. The van der Waals surface area contributed by atoms with Crippen molar-refractivity contribution in [3.63, 3.8) is 0 Å². The second kappa shape index (κ2) is 19.4. The molecule has 4 aromatic rings. The molecule has 14 heteroatoms. The number of rotatable bonds is 6. The van der Waals surface area contributed by atoms with E-state index in [1.807, 2.05) is 43.0 Å². The number of carbonyl (C=O) groups is 4. The lowest BCUT2D eigenvalue weighted by atomic mass is 9.78. The van der Waals surface area contributed by atoms with Gasteiger partial charge in [0, 0.05) is 42.9 Å². The lowest BCUT2D eigenvalue weighted by Gasteiger charge is -2.32. The Kier molecular flexibility index (Phi) is 15.4. The summed E-state index contributed by atoms with van der Waals surface area (Å²) >= 11 is 2.97. The molecule has 0 unspecified atom stereocenters. The van der Waals surface area contributed by atoms with E-state index in [9.17, 15) is 28.0 Å². The molecule has 0 radical (unpaired) electrons. The third-order valence-electron chi connectivity index (χ3n) is 10.7. The number of fused-ring (bicyclic) bond motifs is 2. The molecule has 0 N–H and O–H groups in total. The van der Waals surface area contributed by atoms with Crippen molar-refractivity contribution in [3.05, 3.63) is 111 Å². The number of methoxy groups -OCH3 is 2. The van der Waals surface area contributed by atoms with Gasteiger partial charge >= 0.3 is 19.1 Å². The van der Waals surface area contributed by atoms with Gasteiger partial charge in [-0.2, -0.15) is 0 Å². The standard InChI is InChI=1S/C19H18FNO3.C17H24BNO3.C8H6BrFO2.CH4/c1-3-18(22)21-9-8-13-10-12(5-7-17(13)21)15-6-4-14(11-16(15)20)19(23)24-2;1-6-15(20)19-10-9-12-11-13(7-8-14(12)19)18-21-16(2,3)17(4,5)22-18;1-12-8(11)5-2-3-6(9)7(10)4-5;/h4-7,10-11H,3,8-9H2,1-2H3;7-8,11H,6,9-10H2,1-5H3;2-4H,1H3;1H4. The van der Waals surface area contributed by atoms with Crippen LogP contribution in [0.25, 0.3) is 11.1 Å². The summed E-state index contributed by atoms with van der Waals surface area (Å²) in [6.07, 6.45) is 2.66. The average molecular weight is 878 g/mol. The van der Waals surface area contributed by atoms with Crippen LogP contribution in [0.15, 0.2) is 77.3 Å². The molecular formula is C45H52BBrF2N2O8. The Balaban J connectivity index is 0.000000204. The van der Waals surface area contributed by atoms with Crippen LogP contribution in [-0.4, -0.2) is 69.4 Å². The Hall–Kier alpha value is -4.92. The van der Waals surface area contributed by atoms with Gasteiger partial charge in [0.1, 0.15) is 11.6 Å². The van der Waals surface area contributed by atoms with Crippen LogP contribution in [0.2, 0.25) is 0 Å². The summed E-state index contributed by atoms with van der Waals surface area (Å²) in [7, 11) is 2.17. The Morgan fingerprint density at radius 2 is 1.17 bits per heavy atom. The smallest absolute Gasteiger partial charge is 0.465 e.